The molecule has 2 N–H and O–H groups in total. The molecule has 0 aromatic carbocycles. The van der Waals surface area contributed by atoms with Gasteiger partial charge in [0, 0.05) is 37.6 Å². The molecule has 1 unspecified atom stereocenters. The Balaban J connectivity index is 2.00. The summed E-state index contributed by atoms with van der Waals surface area (Å²) in [5.41, 5.74) is 0.466. The second kappa shape index (κ2) is 5.63. The first kappa shape index (κ1) is 13.2. The van der Waals surface area contributed by atoms with Gasteiger partial charge in [0.2, 0.25) is 5.95 Å². The van der Waals surface area contributed by atoms with Crippen LogP contribution in [-0.4, -0.2) is 40.3 Å². The molecule has 1 atom stereocenters. The highest BCUT2D eigenvalue weighted by Crippen LogP contribution is 2.22. The van der Waals surface area contributed by atoms with Gasteiger partial charge >= 0.3 is 0 Å². The molecule has 1 aromatic heterocycles. The molecule has 18 heavy (non-hydrogen) atoms. The molecule has 0 amide bonds. The summed E-state index contributed by atoms with van der Waals surface area (Å²) < 4.78 is 0. The van der Waals surface area contributed by atoms with Gasteiger partial charge in [0.15, 0.2) is 0 Å². The van der Waals surface area contributed by atoms with E-state index in [1.807, 2.05) is 19.3 Å². The highest BCUT2D eigenvalue weighted by atomic mass is 16.3. The number of aliphatic hydroxyl groups is 1. The van der Waals surface area contributed by atoms with E-state index >= 15 is 0 Å². The molecule has 0 saturated carbocycles. The Hall–Kier alpha value is -1.20. The molecule has 1 aromatic rings. The fraction of sp³-hybridized carbons (Fsp3) is 0.692. The summed E-state index contributed by atoms with van der Waals surface area (Å²) in [7, 11) is 0. The summed E-state index contributed by atoms with van der Waals surface area (Å²) >= 11 is 0. The predicted molar refractivity (Wildman–Crippen MR) is 71.5 cm³/mol. The number of piperidine rings is 1. The molecule has 1 saturated heterocycles. The number of β-amino-alcohol motifs (C(OH)–C–C–N with tert-alkyl or cyclic N) is 1. The smallest absolute Gasteiger partial charge is 0.225 e. The normalized spacial score (nSPS) is 24.3. The van der Waals surface area contributed by atoms with Crippen molar-refractivity contribution in [2.45, 2.75) is 38.8 Å². The Kier molecular flexibility index (Phi) is 4.14. The van der Waals surface area contributed by atoms with E-state index in [9.17, 15) is 5.11 Å². The molecule has 0 aliphatic carbocycles. The molecule has 100 valence electrons. The zero-order chi connectivity index (χ0) is 13.0. The maximum Gasteiger partial charge on any atom is 0.225 e. The largest absolute Gasteiger partial charge is 0.388 e. The third-order valence-corrected chi connectivity index (χ3v) is 3.23. The van der Waals surface area contributed by atoms with Gasteiger partial charge in [-0.1, -0.05) is 6.92 Å². The number of nitrogens with zero attached hydrogens (tertiary/aromatic N) is 3. The van der Waals surface area contributed by atoms with E-state index in [2.05, 4.69) is 27.1 Å². The molecule has 0 radical (unpaired) electrons. The quantitative estimate of drug-likeness (QED) is 0.832. The fourth-order valence-corrected chi connectivity index (χ4v) is 2.26. The van der Waals surface area contributed by atoms with Gasteiger partial charge in [-0.3, -0.25) is 0 Å². The molecular weight excluding hydrogens is 228 g/mol. The van der Waals surface area contributed by atoms with Crippen LogP contribution in [0.4, 0.5) is 5.95 Å². The van der Waals surface area contributed by atoms with Crippen molar-refractivity contribution < 1.29 is 5.11 Å². The summed E-state index contributed by atoms with van der Waals surface area (Å²) in [5, 5.41) is 13.3. The maximum absolute atomic E-state index is 10.1. The lowest BCUT2D eigenvalue weighted by Gasteiger charge is -2.36. The minimum atomic E-state index is -0.621. The van der Waals surface area contributed by atoms with E-state index in [0.717, 1.165) is 44.0 Å². The van der Waals surface area contributed by atoms with Crippen molar-refractivity contribution in [1.29, 1.82) is 0 Å². The van der Waals surface area contributed by atoms with Crippen molar-refractivity contribution in [3.05, 3.63) is 18.0 Å². The summed E-state index contributed by atoms with van der Waals surface area (Å²) in [5.74, 6) is 0.718. The lowest BCUT2D eigenvalue weighted by molar-refractivity contribution is 0.0444. The van der Waals surface area contributed by atoms with Crippen LogP contribution < -0.4 is 10.2 Å². The number of rotatable bonds is 4. The topological polar surface area (TPSA) is 61.3 Å². The Bertz CT molecular complexity index is 377. The zero-order valence-corrected chi connectivity index (χ0v) is 11.2. The molecular formula is C13H22N4O. The van der Waals surface area contributed by atoms with E-state index in [1.165, 1.54) is 0 Å². The average molecular weight is 250 g/mol. The van der Waals surface area contributed by atoms with Crippen LogP contribution in [0.3, 0.4) is 0 Å². The highest BCUT2D eigenvalue weighted by Gasteiger charge is 2.29. The number of hydrogen-bond acceptors (Lipinski definition) is 5. The number of nitrogens with one attached hydrogen (secondary N) is 1. The van der Waals surface area contributed by atoms with Gasteiger partial charge in [-0.05, 0) is 26.3 Å². The van der Waals surface area contributed by atoms with Gasteiger partial charge in [-0.2, -0.15) is 0 Å². The average Bonchev–Trinajstić information content (AvgIpc) is 2.36. The SMILES string of the molecule is CCNCc1cnc(N2CCCC(C)(O)C2)nc1. The van der Waals surface area contributed by atoms with Gasteiger partial charge in [0.25, 0.3) is 0 Å². The van der Waals surface area contributed by atoms with Crippen molar-refractivity contribution in [1.82, 2.24) is 15.3 Å². The zero-order valence-electron chi connectivity index (χ0n) is 11.2. The Morgan fingerprint density at radius 1 is 1.44 bits per heavy atom. The molecule has 5 nitrogen and oxygen atoms in total. The van der Waals surface area contributed by atoms with E-state index in [0.29, 0.717) is 6.54 Å². The highest BCUT2D eigenvalue weighted by molar-refractivity contribution is 5.31. The molecule has 0 spiro atoms. The molecule has 1 fully saturated rings. The lowest BCUT2D eigenvalue weighted by atomic mass is 9.95. The third kappa shape index (κ3) is 3.40. The van der Waals surface area contributed by atoms with Crippen LogP contribution in [0.1, 0.15) is 32.3 Å². The number of hydrogen-bond donors (Lipinski definition) is 2. The Morgan fingerprint density at radius 2 is 2.17 bits per heavy atom. The van der Waals surface area contributed by atoms with Gasteiger partial charge in [0.05, 0.1) is 5.60 Å². The van der Waals surface area contributed by atoms with Crippen LogP contribution in [0.5, 0.6) is 0 Å². The van der Waals surface area contributed by atoms with Crippen LogP contribution in [0.15, 0.2) is 12.4 Å². The van der Waals surface area contributed by atoms with Crippen LogP contribution in [-0.2, 0) is 6.54 Å². The van der Waals surface area contributed by atoms with E-state index < -0.39 is 5.60 Å². The van der Waals surface area contributed by atoms with Crippen molar-refractivity contribution in [3.63, 3.8) is 0 Å². The summed E-state index contributed by atoms with van der Waals surface area (Å²) in [6.45, 7) is 7.22. The Morgan fingerprint density at radius 3 is 2.78 bits per heavy atom. The molecule has 2 heterocycles. The predicted octanol–water partition coefficient (Wildman–Crippen LogP) is 0.937. The second-order valence-corrected chi connectivity index (χ2v) is 5.19. The van der Waals surface area contributed by atoms with Crippen LogP contribution in [0.2, 0.25) is 0 Å². The van der Waals surface area contributed by atoms with Crippen molar-refractivity contribution in [2.24, 2.45) is 0 Å². The van der Waals surface area contributed by atoms with Gasteiger partial charge in [-0.25, -0.2) is 9.97 Å². The third-order valence-electron chi connectivity index (χ3n) is 3.23. The van der Waals surface area contributed by atoms with E-state index in [4.69, 9.17) is 0 Å². The van der Waals surface area contributed by atoms with E-state index in [1.54, 1.807) is 0 Å². The summed E-state index contributed by atoms with van der Waals surface area (Å²) in [6, 6.07) is 0. The van der Waals surface area contributed by atoms with Crippen LogP contribution >= 0.6 is 0 Å². The maximum atomic E-state index is 10.1. The minimum Gasteiger partial charge on any atom is -0.388 e. The molecule has 1 aliphatic heterocycles. The second-order valence-electron chi connectivity index (χ2n) is 5.19. The first-order valence-corrected chi connectivity index (χ1v) is 6.60. The standard InChI is InChI=1S/C13H22N4O/c1-3-14-7-11-8-15-12(16-9-11)17-6-4-5-13(2,18)10-17/h8-9,14,18H,3-7,10H2,1-2H3. The van der Waals surface area contributed by atoms with Crippen molar-refractivity contribution in [3.8, 4) is 0 Å². The monoisotopic (exact) mass is 250 g/mol. The first-order valence-electron chi connectivity index (χ1n) is 6.60. The number of aromatic nitrogens is 2. The van der Waals surface area contributed by atoms with Gasteiger partial charge in [0.1, 0.15) is 0 Å². The van der Waals surface area contributed by atoms with Crippen LogP contribution in [0, 0.1) is 0 Å². The van der Waals surface area contributed by atoms with Gasteiger partial charge in [-0.15, -0.1) is 0 Å². The van der Waals surface area contributed by atoms with Crippen molar-refractivity contribution in [2.75, 3.05) is 24.5 Å². The Labute approximate surface area is 108 Å². The molecule has 1 aliphatic rings. The lowest BCUT2D eigenvalue weighted by Crippen LogP contribution is -2.46. The van der Waals surface area contributed by atoms with Crippen LogP contribution in [0.25, 0.3) is 0 Å². The summed E-state index contributed by atoms with van der Waals surface area (Å²) in [6.07, 6.45) is 5.54. The molecule has 5 heteroatoms. The van der Waals surface area contributed by atoms with E-state index in [-0.39, 0.29) is 0 Å². The first-order chi connectivity index (χ1) is 8.61. The molecule has 2 rings (SSSR count). The van der Waals surface area contributed by atoms with Crippen molar-refractivity contribution >= 4 is 5.95 Å². The number of anilines is 1. The van der Waals surface area contributed by atoms with Gasteiger partial charge < -0.3 is 15.3 Å². The molecule has 0 bridgehead atoms. The minimum absolute atomic E-state index is 0.611. The fourth-order valence-electron chi connectivity index (χ4n) is 2.26. The summed E-state index contributed by atoms with van der Waals surface area (Å²) in [4.78, 5) is 10.8.